The maximum atomic E-state index is 13.6. The lowest BCUT2D eigenvalue weighted by Gasteiger charge is -2.09. The molecule has 0 aliphatic rings. The number of carboxylic acids is 1. The van der Waals surface area contributed by atoms with Gasteiger partial charge in [0, 0.05) is 18.5 Å². The Morgan fingerprint density at radius 1 is 1.21 bits per heavy atom. The zero-order valence-electron chi connectivity index (χ0n) is 13.7. The first kappa shape index (κ1) is 16.2. The van der Waals surface area contributed by atoms with Gasteiger partial charge < -0.3 is 9.67 Å². The maximum Gasteiger partial charge on any atom is 0.303 e. The number of hydrogen-bond acceptors (Lipinski definition) is 2. The van der Waals surface area contributed by atoms with Gasteiger partial charge in [0.2, 0.25) is 0 Å². The van der Waals surface area contributed by atoms with Crippen molar-refractivity contribution in [3.05, 3.63) is 53.3 Å². The minimum atomic E-state index is -0.821. The molecular formula is C19H19FN2O2. The maximum absolute atomic E-state index is 13.6. The Bertz CT molecular complexity index is 915. The number of nitrogens with zero attached hydrogens (tertiary/aromatic N) is 2. The molecule has 0 atom stereocenters. The highest BCUT2D eigenvalue weighted by molar-refractivity contribution is 5.82. The van der Waals surface area contributed by atoms with Crippen molar-refractivity contribution in [2.45, 2.75) is 33.2 Å². The number of carbonyl (C=O) groups is 1. The van der Waals surface area contributed by atoms with Crippen LogP contribution in [-0.2, 0) is 11.3 Å². The van der Waals surface area contributed by atoms with E-state index in [1.54, 1.807) is 6.07 Å². The fraction of sp³-hybridized carbons (Fsp3) is 0.263. The van der Waals surface area contributed by atoms with Crippen LogP contribution in [0, 0.1) is 19.7 Å². The fourth-order valence-corrected chi connectivity index (χ4v) is 2.84. The first-order valence-electron chi connectivity index (χ1n) is 7.91. The normalized spacial score (nSPS) is 11.1. The third-order valence-corrected chi connectivity index (χ3v) is 4.22. The molecule has 2 aromatic carbocycles. The van der Waals surface area contributed by atoms with Crippen molar-refractivity contribution in [1.82, 2.24) is 9.55 Å². The number of carboxylic acid groups (broad SMARTS) is 1. The molecule has 0 aliphatic carbocycles. The highest BCUT2D eigenvalue weighted by Crippen LogP contribution is 2.28. The zero-order valence-corrected chi connectivity index (χ0v) is 13.7. The average molecular weight is 326 g/mol. The molecule has 0 saturated carbocycles. The van der Waals surface area contributed by atoms with E-state index in [9.17, 15) is 9.18 Å². The molecule has 0 aliphatic heterocycles. The molecule has 0 unspecified atom stereocenters. The summed E-state index contributed by atoms with van der Waals surface area (Å²) in [5.74, 6) is -0.470. The van der Waals surface area contributed by atoms with Crippen molar-refractivity contribution in [3.8, 4) is 11.4 Å². The number of benzene rings is 2. The minimum absolute atomic E-state index is 0.0904. The van der Waals surface area contributed by atoms with Crippen LogP contribution in [0.1, 0.15) is 24.0 Å². The van der Waals surface area contributed by atoms with E-state index in [1.807, 2.05) is 30.5 Å². The summed E-state index contributed by atoms with van der Waals surface area (Å²) in [4.78, 5) is 15.5. The molecule has 0 amide bonds. The summed E-state index contributed by atoms with van der Waals surface area (Å²) >= 11 is 0. The summed E-state index contributed by atoms with van der Waals surface area (Å²) in [5, 5.41) is 8.88. The van der Waals surface area contributed by atoms with Crippen molar-refractivity contribution in [1.29, 1.82) is 0 Å². The van der Waals surface area contributed by atoms with E-state index in [1.165, 1.54) is 12.1 Å². The molecule has 0 spiro atoms. The van der Waals surface area contributed by atoms with E-state index in [4.69, 9.17) is 5.11 Å². The number of hydrogen-bond donors (Lipinski definition) is 1. The number of fused-ring (bicyclic) bond motifs is 1. The fourth-order valence-electron chi connectivity index (χ4n) is 2.84. The van der Waals surface area contributed by atoms with Crippen LogP contribution in [0.25, 0.3) is 22.4 Å². The van der Waals surface area contributed by atoms with Gasteiger partial charge in [-0.1, -0.05) is 12.1 Å². The molecule has 124 valence electrons. The van der Waals surface area contributed by atoms with E-state index >= 15 is 0 Å². The second-order valence-electron chi connectivity index (χ2n) is 6.02. The number of aromatic nitrogens is 2. The largest absolute Gasteiger partial charge is 0.481 e. The van der Waals surface area contributed by atoms with Crippen LogP contribution < -0.4 is 0 Å². The topological polar surface area (TPSA) is 55.1 Å². The lowest BCUT2D eigenvalue weighted by molar-refractivity contribution is -0.137. The molecule has 1 N–H and O–H groups in total. The summed E-state index contributed by atoms with van der Waals surface area (Å²) in [5.41, 5.74) is 4.77. The Morgan fingerprint density at radius 3 is 2.67 bits per heavy atom. The Morgan fingerprint density at radius 2 is 1.96 bits per heavy atom. The molecule has 4 nitrogen and oxygen atoms in total. The number of halogens is 1. The van der Waals surface area contributed by atoms with Gasteiger partial charge in [0.1, 0.15) is 11.6 Å². The lowest BCUT2D eigenvalue weighted by atomic mass is 10.1. The van der Waals surface area contributed by atoms with Crippen molar-refractivity contribution in [3.63, 3.8) is 0 Å². The van der Waals surface area contributed by atoms with Crippen LogP contribution >= 0.6 is 0 Å². The second kappa shape index (κ2) is 6.43. The van der Waals surface area contributed by atoms with Crippen LogP contribution in [0.15, 0.2) is 36.4 Å². The van der Waals surface area contributed by atoms with E-state index in [0.717, 1.165) is 22.2 Å². The van der Waals surface area contributed by atoms with Gasteiger partial charge in [0.25, 0.3) is 0 Å². The first-order valence-corrected chi connectivity index (χ1v) is 7.91. The Balaban J connectivity index is 2.13. The predicted molar refractivity (Wildman–Crippen MR) is 91.5 cm³/mol. The molecule has 3 rings (SSSR count). The lowest BCUT2D eigenvalue weighted by Crippen LogP contribution is -2.04. The summed E-state index contributed by atoms with van der Waals surface area (Å²) < 4.78 is 15.6. The van der Waals surface area contributed by atoms with Crippen LogP contribution in [-0.4, -0.2) is 20.6 Å². The summed E-state index contributed by atoms with van der Waals surface area (Å²) in [7, 11) is 0. The molecule has 24 heavy (non-hydrogen) atoms. The number of imidazole rings is 1. The van der Waals surface area contributed by atoms with Gasteiger partial charge in [-0.2, -0.15) is 0 Å². The average Bonchev–Trinajstić information content (AvgIpc) is 2.85. The van der Waals surface area contributed by atoms with Crippen molar-refractivity contribution in [2.75, 3.05) is 0 Å². The van der Waals surface area contributed by atoms with Gasteiger partial charge in [0.05, 0.1) is 11.0 Å². The van der Waals surface area contributed by atoms with Gasteiger partial charge in [0.15, 0.2) is 0 Å². The van der Waals surface area contributed by atoms with E-state index < -0.39 is 5.97 Å². The number of aliphatic carboxylic acids is 1. The molecule has 1 heterocycles. The molecule has 0 fully saturated rings. The molecular weight excluding hydrogens is 307 g/mol. The van der Waals surface area contributed by atoms with Crippen LogP contribution in [0.4, 0.5) is 4.39 Å². The summed E-state index contributed by atoms with van der Waals surface area (Å²) in [6.45, 7) is 4.59. The quantitative estimate of drug-likeness (QED) is 0.759. The third kappa shape index (κ3) is 3.15. The minimum Gasteiger partial charge on any atom is -0.481 e. The smallest absolute Gasteiger partial charge is 0.303 e. The Hall–Kier alpha value is -2.69. The van der Waals surface area contributed by atoms with Crippen molar-refractivity contribution < 1.29 is 14.3 Å². The van der Waals surface area contributed by atoms with E-state index in [2.05, 4.69) is 11.1 Å². The highest BCUT2D eigenvalue weighted by Gasteiger charge is 2.14. The number of rotatable bonds is 5. The standard InChI is InChI=1S/C19H19FN2O2/c1-12-9-16-17(10-13(12)2)22(8-4-7-18(23)24)19(21-16)14-5-3-6-15(20)11-14/h3,5-6,9-11H,4,7-8H2,1-2H3,(H,23,24). The van der Waals surface area contributed by atoms with Gasteiger partial charge in [-0.05, 0) is 55.7 Å². The Kier molecular flexibility index (Phi) is 4.34. The van der Waals surface area contributed by atoms with Crippen molar-refractivity contribution in [2.24, 2.45) is 0 Å². The van der Waals surface area contributed by atoms with E-state index in [-0.39, 0.29) is 12.2 Å². The zero-order chi connectivity index (χ0) is 17.3. The molecule has 0 radical (unpaired) electrons. The molecule has 3 aromatic rings. The van der Waals surface area contributed by atoms with Crippen LogP contribution in [0.2, 0.25) is 0 Å². The van der Waals surface area contributed by atoms with Gasteiger partial charge >= 0.3 is 5.97 Å². The number of aryl methyl sites for hydroxylation is 3. The summed E-state index contributed by atoms with van der Waals surface area (Å²) in [6, 6.07) is 10.4. The summed E-state index contributed by atoms with van der Waals surface area (Å²) in [6.07, 6.45) is 0.586. The molecule has 0 saturated heterocycles. The molecule has 0 bridgehead atoms. The van der Waals surface area contributed by atoms with Crippen LogP contribution in [0.3, 0.4) is 0 Å². The third-order valence-electron chi connectivity index (χ3n) is 4.22. The van der Waals surface area contributed by atoms with Gasteiger partial charge in [-0.25, -0.2) is 9.37 Å². The van der Waals surface area contributed by atoms with Crippen molar-refractivity contribution >= 4 is 17.0 Å². The molecule has 5 heteroatoms. The van der Waals surface area contributed by atoms with Crippen LogP contribution in [0.5, 0.6) is 0 Å². The van der Waals surface area contributed by atoms with Gasteiger partial charge in [-0.15, -0.1) is 0 Å². The Labute approximate surface area is 139 Å². The SMILES string of the molecule is Cc1cc2nc(-c3cccc(F)c3)n(CCCC(=O)O)c2cc1C. The first-order chi connectivity index (χ1) is 11.5. The monoisotopic (exact) mass is 326 g/mol. The predicted octanol–water partition coefficient (Wildman–Crippen LogP) is 4.32. The highest BCUT2D eigenvalue weighted by atomic mass is 19.1. The second-order valence-corrected chi connectivity index (χ2v) is 6.02. The molecule has 1 aromatic heterocycles. The van der Waals surface area contributed by atoms with E-state index in [0.29, 0.717) is 24.4 Å². The van der Waals surface area contributed by atoms with Gasteiger partial charge in [-0.3, -0.25) is 4.79 Å².